The molecule has 0 aliphatic carbocycles. The SMILES string of the molecule is C[C@H]1C[C@@H](c2nc(-c3ccc(-c4cc(Cl)c(C(=O)Nc5ccc(N6CCN(C(=O)C(C)(C)C)C[C@H]6C)nc5)cc4OC(F)(F)F)cc3)c[nH]2)N(C(=O)C(NC(=O)O)C2CCOCC2)C1. The number of nitrogens with zero attached hydrogens (tertiary/aromatic N) is 5. The first-order valence-electron chi connectivity index (χ1n) is 21.2. The summed E-state index contributed by atoms with van der Waals surface area (Å²) in [4.78, 5) is 70.0. The maximum absolute atomic E-state index is 13.9. The zero-order chi connectivity index (χ0) is 46.1. The van der Waals surface area contributed by atoms with Crippen LogP contribution in [0.2, 0.25) is 5.02 Å². The highest BCUT2D eigenvalue weighted by atomic mass is 35.5. The quantitative estimate of drug-likeness (QED) is 0.122. The number of amides is 4. The third-order valence-electron chi connectivity index (χ3n) is 11.9. The number of nitrogens with one attached hydrogen (secondary N) is 3. The van der Waals surface area contributed by atoms with Crippen molar-refractivity contribution in [3.8, 4) is 28.1 Å². The lowest BCUT2D eigenvalue weighted by Gasteiger charge is -2.42. The first-order valence-corrected chi connectivity index (χ1v) is 21.6. The average Bonchev–Trinajstić information content (AvgIpc) is 3.90. The van der Waals surface area contributed by atoms with Crippen molar-refractivity contribution in [2.45, 2.75) is 78.4 Å². The monoisotopic (exact) mass is 908 g/mol. The molecule has 2 aromatic carbocycles. The molecule has 7 rings (SSSR count). The van der Waals surface area contributed by atoms with E-state index in [0.717, 1.165) is 6.07 Å². The number of anilines is 2. The van der Waals surface area contributed by atoms with Crippen molar-refractivity contribution < 1.29 is 46.9 Å². The lowest BCUT2D eigenvalue weighted by atomic mass is 9.90. The molecule has 3 aliphatic heterocycles. The maximum Gasteiger partial charge on any atom is 0.573 e. The van der Waals surface area contributed by atoms with E-state index in [9.17, 15) is 37.5 Å². The van der Waals surface area contributed by atoms with Gasteiger partial charge >= 0.3 is 12.5 Å². The van der Waals surface area contributed by atoms with Gasteiger partial charge in [-0.05, 0) is 67.9 Å². The number of imidazole rings is 1. The van der Waals surface area contributed by atoms with Crippen LogP contribution in [0.3, 0.4) is 0 Å². The Balaban J connectivity index is 1.05. The van der Waals surface area contributed by atoms with Gasteiger partial charge in [0.2, 0.25) is 11.8 Å². The molecule has 3 fully saturated rings. The van der Waals surface area contributed by atoms with E-state index in [4.69, 9.17) is 21.3 Å². The third-order valence-corrected chi connectivity index (χ3v) is 12.2. The minimum absolute atomic E-state index is 0.0132. The Morgan fingerprint density at radius 3 is 2.31 bits per heavy atom. The van der Waals surface area contributed by atoms with E-state index in [1.54, 1.807) is 47.5 Å². The number of carbonyl (C=O) groups is 4. The highest BCUT2D eigenvalue weighted by molar-refractivity contribution is 6.35. The van der Waals surface area contributed by atoms with Gasteiger partial charge < -0.3 is 44.9 Å². The van der Waals surface area contributed by atoms with Crippen LogP contribution >= 0.6 is 11.6 Å². The molecule has 342 valence electrons. The lowest BCUT2D eigenvalue weighted by Crippen LogP contribution is -2.56. The van der Waals surface area contributed by atoms with Crippen molar-refractivity contribution in [3.05, 3.63) is 77.3 Å². The Hall–Kier alpha value is -5.88. The number of piperazine rings is 1. The van der Waals surface area contributed by atoms with Gasteiger partial charge in [0.25, 0.3) is 5.91 Å². The number of pyridine rings is 1. The summed E-state index contributed by atoms with van der Waals surface area (Å²) in [6.07, 6.45) is -1.54. The number of alkyl halides is 3. The summed E-state index contributed by atoms with van der Waals surface area (Å²) < 4.78 is 51.3. The zero-order valence-electron chi connectivity index (χ0n) is 36.2. The van der Waals surface area contributed by atoms with Crippen LogP contribution in [0.5, 0.6) is 5.75 Å². The smallest absolute Gasteiger partial charge is 0.465 e. The Bertz CT molecular complexity index is 2350. The zero-order valence-corrected chi connectivity index (χ0v) is 36.9. The van der Waals surface area contributed by atoms with Crippen LogP contribution < -0.4 is 20.3 Å². The molecule has 0 bridgehead atoms. The molecule has 4 aromatic rings. The van der Waals surface area contributed by atoms with Crippen LogP contribution in [0.4, 0.5) is 29.5 Å². The number of H-pyrrole nitrogens is 1. The molecule has 4 amide bonds. The fourth-order valence-electron chi connectivity index (χ4n) is 8.71. The summed E-state index contributed by atoms with van der Waals surface area (Å²) >= 11 is 6.58. The highest BCUT2D eigenvalue weighted by Crippen LogP contribution is 2.40. The molecule has 5 heterocycles. The summed E-state index contributed by atoms with van der Waals surface area (Å²) in [5.74, 6) is -0.580. The first kappa shape index (κ1) is 46.1. The van der Waals surface area contributed by atoms with E-state index < -0.39 is 41.6 Å². The van der Waals surface area contributed by atoms with Crippen molar-refractivity contribution in [3.63, 3.8) is 0 Å². The molecule has 3 aliphatic rings. The van der Waals surface area contributed by atoms with Crippen LogP contribution in [-0.4, -0.2) is 112 Å². The van der Waals surface area contributed by atoms with E-state index in [-0.39, 0.29) is 51.5 Å². The predicted molar refractivity (Wildman–Crippen MR) is 233 cm³/mol. The Kier molecular flexibility index (Phi) is 13.5. The molecule has 19 heteroatoms. The number of hydrogen-bond acceptors (Lipinski definition) is 9. The average molecular weight is 909 g/mol. The summed E-state index contributed by atoms with van der Waals surface area (Å²) in [6, 6.07) is 10.7. The summed E-state index contributed by atoms with van der Waals surface area (Å²) in [5.41, 5.74) is 0.979. The van der Waals surface area contributed by atoms with Crippen molar-refractivity contribution >= 4 is 46.9 Å². The minimum atomic E-state index is -5.09. The second kappa shape index (κ2) is 18.7. The van der Waals surface area contributed by atoms with Crippen molar-refractivity contribution in [1.29, 1.82) is 0 Å². The maximum atomic E-state index is 13.9. The van der Waals surface area contributed by atoms with Gasteiger partial charge in [-0.15, -0.1) is 13.2 Å². The highest BCUT2D eigenvalue weighted by Gasteiger charge is 2.42. The molecule has 2 aromatic heterocycles. The molecule has 0 spiro atoms. The van der Waals surface area contributed by atoms with Crippen LogP contribution in [0.15, 0.2) is 60.9 Å². The van der Waals surface area contributed by atoms with Gasteiger partial charge in [0.1, 0.15) is 23.4 Å². The van der Waals surface area contributed by atoms with E-state index >= 15 is 0 Å². The van der Waals surface area contributed by atoms with Crippen molar-refractivity contribution in [2.24, 2.45) is 17.3 Å². The number of carboxylic acid groups (broad SMARTS) is 1. The van der Waals surface area contributed by atoms with E-state index in [1.807, 2.05) is 39.5 Å². The fraction of sp³-hybridized carbons (Fsp3) is 0.467. The van der Waals surface area contributed by atoms with Gasteiger partial charge in [-0.25, -0.2) is 14.8 Å². The molecule has 15 nitrogen and oxygen atoms in total. The largest absolute Gasteiger partial charge is 0.573 e. The fourth-order valence-corrected chi connectivity index (χ4v) is 8.96. The number of rotatable bonds is 10. The predicted octanol–water partition coefficient (Wildman–Crippen LogP) is 8.00. The van der Waals surface area contributed by atoms with Crippen LogP contribution in [0.1, 0.15) is 76.1 Å². The minimum Gasteiger partial charge on any atom is -0.465 e. The number of ether oxygens (including phenoxy) is 2. The van der Waals surface area contributed by atoms with Crippen LogP contribution in [-0.2, 0) is 14.3 Å². The summed E-state index contributed by atoms with van der Waals surface area (Å²) in [6.45, 7) is 12.6. The standard InChI is InChI=1S/C45H52ClF3N8O7/c1-25-18-35(57(23-25)41(59)38(54-43(61)62)29-12-16-63-17-13-29)39-51-22-34(53-39)28-8-6-27(7-9-28)31-19-33(46)32(20-36(31)64-45(47,48)49)40(58)52-30-10-11-37(50-21-30)56-15-14-55(24-26(56)2)42(60)44(3,4)5/h6-11,19-22,25-26,29,35,38,54H,12-18,23-24H2,1-5H3,(H,51,53)(H,52,58)(H,61,62)/t25-,26+,35-,38?/m0/s1. The molecular weight excluding hydrogens is 857 g/mol. The van der Waals surface area contributed by atoms with Gasteiger partial charge in [0, 0.05) is 68.2 Å². The summed E-state index contributed by atoms with van der Waals surface area (Å²) in [5, 5.41) is 14.6. The molecule has 4 N–H and O–H groups in total. The van der Waals surface area contributed by atoms with Crippen LogP contribution in [0.25, 0.3) is 22.4 Å². The third kappa shape index (κ3) is 10.6. The summed E-state index contributed by atoms with van der Waals surface area (Å²) in [7, 11) is 0. The van der Waals surface area contributed by atoms with Crippen molar-refractivity contribution in [1.82, 2.24) is 30.1 Å². The number of hydrogen-bond donors (Lipinski definition) is 4. The number of halogens is 4. The molecule has 1 unspecified atom stereocenters. The van der Waals surface area contributed by atoms with Gasteiger partial charge in [-0.2, -0.15) is 0 Å². The number of aromatic amines is 1. The second-order valence-corrected chi connectivity index (χ2v) is 18.2. The molecule has 3 saturated heterocycles. The second-order valence-electron chi connectivity index (χ2n) is 17.8. The van der Waals surface area contributed by atoms with Gasteiger partial charge in [-0.1, -0.05) is 63.6 Å². The molecular formula is C45H52ClF3N8O7. The van der Waals surface area contributed by atoms with E-state index in [0.29, 0.717) is 87.1 Å². The normalized spacial score (nSPS) is 20.2. The number of likely N-dealkylation sites (tertiary alicyclic amines) is 1. The van der Waals surface area contributed by atoms with E-state index in [2.05, 4.69) is 30.2 Å². The van der Waals surface area contributed by atoms with E-state index in [1.165, 1.54) is 12.3 Å². The molecule has 4 atom stereocenters. The van der Waals surface area contributed by atoms with Crippen molar-refractivity contribution in [2.75, 3.05) is 49.6 Å². The van der Waals surface area contributed by atoms with Crippen LogP contribution in [0, 0.1) is 17.3 Å². The molecule has 0 radical (unpaired) electrons. The van der Waals surface area contributed by atoms with Gasteiger partial charge in [0.05, 0.1) is 34.2 Å². The Labute approximate surface area is 373 Å². The lowest BCUT2D eigenvalue weighted by molar-refractivity contribution is -0.274. The molecule has 0 saturated carbocycles. The molecule has 64 heavy (non-hydrogen) atoms. The first-order chi connectivity index (χ1) is 30.3. The topological polar surface area (TPSA) is 182 Å². The Morgan fingerprint density at radius 1 is 0.984 bits per heavy atom. The number of benzene rings is 2. The van der Waals surface area contributed by atoms with Gasteiger partial charge in [-0.3, -0.25) is 14.4 Å². The Morgan fingerprint density at radius 2 is 1.69 bits per heavy atom. The number of aromatic nitrogens is 3. The number of carbonyl (C=O) groups excluding carboxylic acids is 3. The van der Waals surface area contributed by atoms with Gasteiger partial charge in [0.15, 0.2) is 0 Å².